The fraction of sp³-hybridized carbons (Fsp3) is 0.800. The van der Waals surface area contributed by atoms with Gasteiger partial charge in [-0.15, -0.1) is 0 Å². The Hall–Kier alpha value is -1.62. The van der Waals surface area contributed by atoms with Crippen LogP contribution in [0.25, 0.3) is 0 Å². The van der Waals surface area contributed by atoms with Crippen LogP contribution >= 0.6 is 0 Å². The molecule has 1 N–H and O–H groups in total. The van der Waals surface area contributed by atoms with Crippen molar-refractivity contribution in [2.75, 3.05) is 13.1 Å². The lowest BCUT2D eigenvalue weighted by atomic mass is 9.55. The lowest BCUT2D eigenvalue weighted by Crippen LogP contribution is -2.46. The molecule has 2 aliphatic heterocycles. The van der Waals surface area contributed by atoms with Gasteiger partial charge in [0.1, 0.15) is 12.2 Å². The third-order valence-corrected chi connectivity index (χ3v) is 11.4. The van der Waals surface area contributed by atoms with E-state index >= 15 is 0 Å². The molecule has 0 aromatic rings. The van der Waals surface area contributed by atoms with Crippen molar-refractivity contribution in [2.24, 2.45) is 46.3 Å². The van der Waals surface area contributed by atoms with Crippen molar-refractivity contribution in [1.29, 1.82) is 0 Å². The van der Waals surface area contributed by atoms with Crippen LogP contribution in [0.15, 0.2) is 24.3 Å². The lowest BCUT2D eigenvalue weighted by Gasteiger charge is -2.50. The summed E-state index contributed by atoms with van der Waals surface area (Å²) in [6.45, 7) is 14.7. The Morgan fingerprint density at radius 2 is 1.23 bits per heavy atom. The van der Waals surface area contributed by atoms with E-state index in [4.69, 9.17) is 9.47 Å². The van der Waals surface area contributed by atoms with Gasteiger partial charge in [-0.25, -0.2) is 0 Å². The summed E-state index contributed by atoms with van der Waals surface area (Å²) in [6.07, 6.45) is 11.1. The lowest BCUT2D eigenvalue weighted by molar-refractivity contribution is -0.146. The molecular weight excluding hydrogens is 438 g/mol. The Balaban J connectivity index is 1.10. The Bertz CT molecular complexity index is 869. The zero-order chi connectivity index (χ0) is 24.5. The molecule has 0 spiro atoms. The van der Waals surface area contributed by atoms with Gasteiger partial charge in [-0.2, -0.15) is 0 Å². The molecule has 0 aromatic heterocycles. The Labute approximate surface area is 210 Å². The first kappa shape index (κ1) is 23.8. The van der Waals surface area contributed by atoms with E-state index in [2.05, 4.69) is 32.3 Å². The van der Waals surface area contributed by atoms with Crippen LogP contribution in [0, 0.1) is 46.3 Å². The molecule has 0 amide bonds. The molecule has 10 atom stereocenters. The molecule has 5 heteroatoms. The highest BCUT2D eigenvalue weighted by Gasteiger charge is 2.56. The molecule has 6 fully saturated rings. The SMILES string of the molecule is C=C1CCC[C@]2(C)C[C@@H]3OC(=O)[C@H](CNC[C@@H]4C(=O)O[C@@H]5C[C@]6(C)CCCC(=C)[C@@H]6C[C@H]45)[C@@H]3C[C@H]12. The van der Waals surface area contributed by atoms with Crippen LogP contribution in [-0.4, -0.2) is 37.2 Å². The summed E-state index contributed by atoms with van der Waals surface area (Å²) in [5.74, 6) is 1.15. The molecule has 4 saturated carbocycles. The first-order valence-electron chi connectivity index (χ1n) is 14.2. The molecule has 35 heavy (non-hydrogen) atoms. The van der Waals surface area contributed by atoms with Crippen molar-refractivity contribution in [2.45, 2.75) is 90.3 Å². The van der Waals surface area contributed by atoms with Crippen molar-refractivity contribution < 1.29 is 19.1 Å². The number of nitrogens with one attached hydrogen (secondary N) is 1. The normalized spacial score (nSPS) is 49.0. The van der Waals surface area contributed by atoms with Crippen molar-refractivity contribution in [3.8, 4) is 0 Å². The highest BCUT2D eigenvalue weighted by molar-refractivity contribution is 5.76. The van der Waals surface area contributed by atoms with Crippen LogP contribution in [0.2, 0.25) is 0 Å². The largest absolute Gasteiger partial charge is 0.462 e. The van der Waals surface area contributed by atoms with Gasteiger partial charge in [0, 0.05) is 24.9 Å². The van der Waals surface area contributed by atoms with Gasteiger partial charge >= 0.3 is 11.9 Å². The molecule has 2 saturated heterocycles. The summed E-state index contributed by atoms with van der Waals surface area (Å²) in [7, 11) is 0. The fourth-order valence-electron chi connectivity index (χ4n) is 9.37. The topological polar surface area (TPSA) is 64.6 Å². The Morgan fingerprint density at radius 3 is 1.66 bits per heavy atom. The molecule has 0 bridgehead atoms. The number of fused-ring (bicyclic) bond motifs is 4. The summed E-state index contributed by atoms with van der Waals surface area (Å²) < 4.78 is 11.9. The van der Waals surface area contributed by atoms with Crippen molar-refractivity contribution in [3.05, 3.63) is 24.3 Å². The van der Waals surface area contributed by atoms with Crippen molar-refractivity contribution in [1.82, 2.24) is 5.32 Å². The van der Waals surface area contributed by atoms with E-state index in [0.717, 1.165) is 38.5 Å². The molecule has 0 unspecified atom stereocenters. The molecule has 4 aliphatic carbocycles. The van der Waals surface area contributed by atoms with Gasteiger partial charge in [-0.1, -0.05) is 38.2 Å². The van der Waals surface area contributed by atoms with Gasteiger partial charge in [-0.3, -0.25) is 9.59 Å². The average Bonchev–Trinajstić information content (AvgIpc) is 3.25. The summed E-state index contributed by atoms with van der Waals surface area (Å²) in [5.41, 5.74) is 3.19. The summed E-state index contributed by atoms with van der Waals surface area (Å²) in [6, 6.07) is 0. The number of rotatable bonds is 4. The minimum atomic E-state index is -0.125. The number of ether oxygens (including phenoxy) is 2. The van der Waals surface area contributed by atoms with Gasteiger partial charge in [0.05, 0.1) is 11.8 Å². The van der Waals surface area contributed by atoms with Gasteiger partial charge in [0.25, 0.3) is 0 Å². The van der Waals surface area contributed by atoms with Crippen molar-refractivity contribution in [3.63, 3.8) is 0 Å². The first-order valence-corrected chi connectivity index (χ1v) is 14.2. The van der Waals surface area contributed by atoms with E-state index in [1.54, 1.807) is 0 Å². The maximum absolute atomic E-state index is 12.9. The number of hydrogen-bond donors (Lipinski definition) is 1. The van der Waals surface area contributed by atoms with Crippen molar-refractivity contribution >= 4 is 11.9 Å². The maximum Gasteiger partial charge on any atom is 0.310 e. The molecule has 5 nitrogen and oxygen atoms in total. The molecular formula is C30H43NO4. The zero-order valence-corrected chi connectivity index (χ0v) is 21.7. The third kappa shape index (κ3) is 3.83. The van der Waals surface area contributed by atoms with Gasteiger partial charge < -0.3 is 14.8 Å². The quantitative estimate of drug-likeness (QED) is 0.441. The zero-order valence-electron chi connectivity index (χ0n) is 21.7. The second-order valence-electron chi connectivity index (χ2n) is 13.5. The second kappa shape index (κ2) is 8.46. The highest BCUT2D eigenvalue weighted by atomic mass is 16.6. The van der Waals surface area contributed by atoms with E-state index in [-0.39, 0.29) is 58.6 Å². The fourth-order valence-corrected chi connectivity index (χ4v) is 9.37. The standard InChI is InChI=1S/C30H43NO4/c1-17-7-5-9-29(3)13-25-19(11-23(17)29)21(27(32)34-25)15-31-16-22-20-12-24-18(2)8-6-10-30(24,4)14-26(20)35-28(22)33/h19-26,31H,1-2,5-16H2,3-4H3/t19-,20+,21+,22-,23+,24-,25-,26+,29+,30-. The number of esters is 2. The first-order chi connectivity index (χ1) is 16.7. The van der Waals surface area contributed by atoms with Crippen LogP contribution in [0.4, 0.5) is 0 Å². The number of allylic oxidation sites excluding steroid dienone is 2. The van der Waals surface area contributed by atoms with Crippen LogP contribution in [0.3, 0.4) is 0 Å². The third-order valence-electron chi connectivity index (χ3n) is 11.4. The minimum Gasteiger partial charge on any atom is -0.462 e. The molecule has 0 aromatic carbocycles. The van der Waals surface area contributed by atoms with E-state index in [1.807, 2.05) is 0 Å². The van der Waals surface area contributed by atoms with E-state index in [9.17, 15) is 9.59 Å². The summed E-state index contributed by atoms with van der Waals surface area (Å²) in [4.78, 5) is 25.8. The molecule has 192 valence electrons. The van der Waals surface area contributed by atoms with E-state index in [0.29, 0.717) is 24.9 Å². The van der Waals surface area contributed by atoms with Crippen LogP contribution in [0.5, 0.6) is 0 Å². The molecule has 6 aliphatic rings. The number of carbonyl (C=O) groups excluding carboxylic acids is 2. The Morgan fingerprint density at radius 1 is 0.800 bits per heavy atom. The monoisotopic (exact) mass is 481 g/mol. The highest BCUT2D eigenvalue weighted by Crippen LogP contribution is 2.58. The van der Waals surface area contributed by atoms with E-state index in [1.165, 1.54) is 36.8 Å². The molecule has 2 heterocycles. The average molecular weight is 482 g/mol. The summed E-state index contributed by atoms with van der Waals surface area (Å²) >= 11 is 0. The summed E-state index contributed by atoms with van der Waals surface area (Å²) in [5, 5.41) is 3.54. The van der Waals surface area contributed by atoms with Crippen LogP contribution in [0.1, 0.15) is 78.1 Å². The smallest absolute Gasteiger partial charge is 0.310 e. The molecule has 0 radical (unpaired) electrons. The van der Waals surface area contributed by atoms with Gasteiger partial charge in [0.15, 0.2) is 0 Å². The predicted molar refractivity (Wildman–Crippen MR) is 134 cm³/mol. The van der Waals surface area contributed by atoms with Gasteiger partial charge in [0.2, 0.25) is 0 Å². The van der Waals surface area contributed by atoms with E-state index < -0.39 is 0 Å². The van der Waals surface area contributed by atoms with Gasteiger partial charge in [-0.05, 0) is 86.9 Å². The number of carbonyl (C=O) groups is 2. The predicted octanol–water partition coefficient (Wildman–Crippen LogP) is 5.20. The number of hydrogen-bond acceptors (Lipinski definition) is 5. The van der Waals surface area contributed by atoms with Crippen LogP contribution in [-0.2, 0) is 19.1 Å². The Kier molecular flexibility index (Phi) is 5.75. The second-order valence-corrected chi connectivity index (χ2v) is 13.5. The van der Waals surface area contributed by atoms with Crippen LogP contribution < -0.4 is 5.32 Å². The molecule has 6 rings (SSSR count). The minimum absolute atomic E-state index is 0.0376. The maximum atomic E-state index is 12.9.